The fourth-order valence-corrected chi connectivity index (χ4v) is 4.08. The zero-order valence-corrected chi connectivity index (χ0v) is 21.2. The molecule has 7 nitrogen and oxygen atoms in total. The molecule has 0 saturated carbocycles. The van der Waals surface area contributed by atoms with Crippen molar-refractivity contribution in [1.82, 2.24) is 25.3 Å². The van der Waals surface area contributed by atoms with Gasteiger partial charge in [-0.3, -0.25) is 9.89 Å². The lowest BCUT2D eigenvalue weighted by Crippen LogP contribution is -2.44. The van der Waals surface area contributed by atoms with Gasteiger partial charge in [0, 0.05) is 32.8 Å². The van der Waals surface area contributed by atoms with Crippen molar-refractivity contribution < 1.29 is 8.81 Å². The van der Waals surface area contributed by atoms with Gasteiger partial charge in [-0.25, -0.2) is 9.07 Å². The number of benzene rings is 1. The fourth-order valence-electron chi connectivity index (χ4n) is 4.08. The quantitative estimate of drug-likeness (QED) is 0.244. The molecule has 0 radical (unpaired) electrons. The summed E-state index contributed by atoms with van der Waals surface area (Å²) in [6, 6.07) is 12.5. The van der Waals surface area contributed by atoms with E-state index in [4.69, 9.17) is 4.42 Å². The zero-order valence-electron chi connectivity index (χ0n) is 18.9. The van der Waals surface area contributed by atoms with Crippen molar-refractivity contribution in [3.63, 3.8) is 0 Å². The van der Waals surface area contributed by atoms with Crippen LogP contribution in [0.15, 0.2) is 64.3 Å². The van der Waals surface area contributed by atoms with Crippen molar-refractivity contribution >= 4 is 29.9 Å². The van der Waals surface area contributed by atoms with E-state index >= 15 is 0 Å². The summed E-state index contributed by atoms with van der Waals surface area (Å²) in [7, 11) is 1.78. The Hall–Kier alpha value is -2.40. The van der Waals surface area contributed by atoms with Gasteiger partial charge in [-0.05, 0) is 68.4 Å². The molecule has 1 fully saturated rings. The Bertz CT molecular complexity index is 983. The van der Waals surface area contributed by atoms with Gasteiger partial charge in [0.05, 0.1) is 23.7 Å². The minimum Gasteiger partial charge on any atom is -0.468 e. The van der Waals surface area contributed by atoms with Crippen molar-refractivity contribution in [2.45, 2.75) is 31.7 Å². The number of nitrogens with zero attached hydrogens (tertiary/aromatic N) is 4. The molecule has 2 N–H and O–H groups in total. The summed E-state index contributed by atoms with van der Waals surface area (Å²) in [5, 5.41) is 11.4. The third kappa shape index (κ3) is 7.04. The maximum absolute atomic E-state index is 13.1. The average Bonchev–Trinajstić information content (AvgIpc) is 3.52. The third-order valence-corrected chi connectivity index (χ3v) is 5.80. The summed E-state index contributed by atoms with van der Waals surface area (Å²) in [4.78, 5) is 6.85. The van der Waals surface area contributed by atoms with E-state index in [2.05, 4.69) is 31.7 Å². The number of hydrogen-bond donors (Lipinski definition) is 2. The number of furan rings is 1. The molecule has 1 saturated heterocycles. The molecule has 1 unspecified atom stereocenters. The lowest BCUT2D eigenvalue weighted by Gasteiger charge is -2.33. The van der Waals surface area contributed by atoms with E-state index in [-0.39, 0.29) is 35.8 Å². The predicted molar refractivity (Wildman–Crippen MR) is 139 cm³/mol. The molecule has 1 aliphatic heterocycles. The van der Waals surface area contributed by atoms with E-state index < -0.39 is 0 Å². The molecular formula is C24H32FIN6O. The van der Waals surface area contributed by atoms with Gasteiger partial charge >= 0.3 is 0 Å². The van der Waals surface area contributed by atoms with Crippen LogP contribution in [0.1, 0.15) is 36.8 Å². The van der Waals surface area contributed by atoms with E-state index in [1.54, 1.807) is 30.1 Å². The Labute approximate surface area is 211 Å². The summed E-state index contributed by atoms with van der Waals surface area (Å²) in [6.07, 6.45) is 8.15. The van der Waals surface area contributed by atoms with Gasteiger partial charge in [-0.15, -0.1) is 24.0 Å². The summed E-state index contributed by atoms with van der Waals surface area (Å²) >= 11 is 0. The first kappa shape index (κ1) is 25.2. The van der Waals surface area contributed by atoms with E-state index in [9.17, 15) is 4.39 Å². The first-order valence-corrected chi connectivity index (χ1v) is 11.3. The van der Waals surface area contributed by atoms with Gasteiger partial charge < -0.3 is 15.1 Å². The molecule has 178 valence electrons. The molecule has 9 heteroatoms. The predicted octanol–water partition coefficient (Wildman–Crippen LogP) is 4.16. The number of halogens is 2. The number of guanidine groups is 1. The number of rotatable bonds is 8. The smallest absolute Gasteiger partial charge is 0.191 e. The van der Waals surface area contributed by atoms with Crippen molar-refractivity contribution in [2.75, 3.05) is 33.2 Å². The SMILES string of the molecule is CN=C(NCCc1ccn(-c2ccc(F)cc2)n1)NCC(c1ccco1)N1CCCCC1.I. The fraction of sp³-hybridized carbons (Fsp3) is 0.417. The summed E-state index contributed by atoms with van der Waals surface area (Å²) in [6.45, 7) is 3.62. The first-order valence-electron chi connectivity index (χ1n) is 11.3. The molecule has 4 rings (SSSR count). The highest BCUT2D eigenvalue weighted by Crippen LogP contribution is 2.24. The minimum absolute atomic E-state index is 0. The molecule has 0 aliphatic carbocycles. The lowest BCUT2D eigenvalue weighted by atomic mass is 10.1. The van der Waals surface area contributed by atoms with Crippen LogP contribution in [0.4, 0.5) is 4.39 Å². The number of hydrogen-bond acceptors (Lipinski definition) is 4. The Morgan fingerprint density at radius 2 is 1.91 bits per heavy atom. The van der Waals surface area contributed by atoms with Gasteiger partial charge in [0.15, 0.2) is 5.96 Å². The van der Waals surface area contributed by atoms with Crippen LogP contribution >= 0.6 is 24.0 Å². The number of piperidine rings is 1. The Balaban J connectivity index is 0.00000306. The lowest BCUT2D eigenvalue weighted by molar-refractivity contribution is 0.146. The van der Waals surface area contributed by atoms with Crippen LogP contribution in [0.3, 0.4) is 0 Å². The van der Waals surface area contributed by atoms with Crippen molar-refractivity contribution in [2.24, 2.45) is 4.99 Å². The number of aromatic nitrogens is 2. The van der Waals surface area contributed by atoms with Crippen molar-refractivity contribution in [1.29, 1.82) is 0 Å². The number of likely N-dealkylation sites (tertiary alicyclic amines) is 1. The Morgan fingerprint density at radius 1 is 1.12 bits per heavy atom. The summed E-state index contributed by atoms with van der Waals surface area (Å²) in [5.41, 5.74) is 1.80. The normalized spacial score (nSPS) is 15.6. The van der Waals surface area contributed by atoms with Gasteiger partial charge in [0.1, 0.15) is 11.6 Å². The Morgan fingerprint density at radius 3 is 2.61 bits per heavy atom. The maximum atomic E-state index is 13.1. The van der Waals surface area contributed by atoms with E-state index in [0.29, 0.717) is 6.54 Å². The monoisotopic (exact) mass is 566 g/mol. The molecule has 2 aromatic heterocycles. The molecule has 1 aliphatic rings. The van der Waals surface area contributed by atoms with Gasteiger partial charge in [-0.1, -0.05) is 6.42 Å². The highest BCUT2D eigenvalue weighted by Gasteiger charge is 2.24. The largest absolute Gasteiger partial charge is 0.468 e. The molecule has 1 atom stereocenters. The molecule has 0 amide bonds. The zero-order chi connectivity index (χ0) is 22.2. The first-order chi connectivity index (χ1) is 15.7. The van der Waals surface area contributed by atoms with Crippen LogP contribution in [-0.2, 0) is 6.42 Å². The van der Waals surface area contributed by atoms with E-state index in [0.717, 1.165) is 49.2 Å². The third-order valence-electron chi connectivity index (χ3n) is 5.80. The van der Waals surface area contributed by atoms with Crippen LogP contribution in [0, 0.1) is 5.82 Å². The van der Waals surface area contributed by atoms with Crippen LogP contribution in [0.25, 0.3) is 5.69 Å². The highest BCUT2D eigenvalue weighted by atomic mass is 127. The van der Waals surface area contributed by atoms with Crippen LogP contribution in [-0.4, -0.2) is 53.9 Å². The van der Waals surface area contributed by atoms with Crippen molar-refractivity contribution in [3.05, 3.63) is 72.2 Å². The molecule has 33 heavy (non-hydrogen) atoms. The molecule has 3 heterocycles. The van der Waals surface area contributed by atoms with Crippen molar-refractivity contribution in [3.8, 4) is 5.69 Å². The highest BCUT2D eigenvalue weighted by molar-refractivity contribution is 14.0. The topological polar surface area (TPSA) is 70.6 Å². The second kappa shape index (κ2) is 12.7. The maximum Gasteiger partial charge on any atom is 0.191 e. The Kier molecular flexibility index (Phi) is 9.74. The second-order valence-corrected chi connectivity index (χ2v) is 7.99. The standard InChI is InChI=1S/C24H31FN6O.HI/c1-26-24(28-18-22(23-6-5-17-32-23)30-14-3-2-4-15-30)27-13-11-20-12-16-31(29-20)21-9-7-19(25)8-10-21;/h5-10,12,16-17,22H,2-4,11,13-15,18H2,1H3,(H2,26,27,28);1H. The molecular weight excluding hydrogens is 534 g/mol. The van der Waals surface area contributed by atoms with Crippen LogP contribution < -0.4 is 10.6 Å². The second-order valence-electron chi connectivity index (χ2n) is 7.99. The molecule has 3 aromatic rings. The average molecular weight is 566 g/mol. The van der Waals surface area contributed by atoms with Gasteiger partial charge in [0.25, 0.3) is 0 Å². The molecule has 0 spiro atoms. The summed E-state index contributed by atoms with van der Waals surface area (Å²) in [5.74, 6) is 1.50. The molecule has 1 aromatic carbocycles. The van der Waals surface area contributed by atoms with Gasteiger partial charge in [0.2, 0.25) is 0 Å². The molecule has 0 bridgehead atoms. The number of nitrogens with one attached hydrogen (secondary N) is 2. The van der Waals surface area contributed by atoms with Crippen LogP contribution in [0.2, 0.25) is 0 Å². The number of aliphatic imine (C=N–C) groups is 1. The van der Waals surface area contributed by atoms with Crippen LogP contribution in [0.5, 0.6) is 0 Å². The van der Waals surface area contributed by atoms with E-state index in [1.165, 1.54) is 31.4 Å². The van der Waals surface area contributed by atoms with E-state index in [1.807, 2.05) is 18.3 Å². The summed E-state index contributed by atoms with van der Waals surface area (Å²) < 4.78 is 20.6. The minimum atomic E-state index is -0.251. The van der Waals surface area contributed by atoms with Gasteiger partial charge in [-0.2, -0.15) is 5.10 Å².